The van der Waals surface area contributed by atoms with Gasteiger partial charge in [0.1, 0.15) is 17.2 Å². The molecule has 0 bridgehead atoms. The van der Waals surface area contributed by atoms with Gasteiger partial charge < -0.3 is 14.2 Å². The van der Waals surface area contributed by atoms with Crippen molar-refractivity contribution in [3.8, 4) is 17.2 Å². The van der Waals surface area contributed by atoms with Crippen LogP contribution in [0.3, 0.4) is 0 Å². The van der Waals surface area contributed by atoms with Crippen molar-refractivity contribution in [2.45, 2.75) is 25.6 Å². The van der Waals surface area contributed by atoms with Gasteiger partial charge in [-0.1, -0.05) is 18.2 Å². The molecule has 0 spiro atoms. The maximum Gasteiger partial charge on any atom is 0.199 e. The van der Waals surface area contributed by atoms with E-state index in [2.05, 4.69) is 15.9 Å². The molecule has 0 radical (unpaired) electrons. The Morgan fingerprint density at radius 3 is 2.67 bits per heavy atom. The number of hydrogen-bond donors (Lipinski definition) is 0. The zero-order chi connectivity index (χ0) is 14.5. The lowest BCUT2D eigenvalue weighted by atomic mass is 10.2. The number of para-hydroxylation sites is 1. The molecule has 1 aliphatic heterocycles. The van der Waals surface area contributed by atoms with E-state index in [1.807, 2.05) is 48.5 Å². The zero-order valence-corrected chi connectivity index (χ0v) is 13.2. The van der Waals surface area contributed by atoms with Crippen LogP contribution < -0.4 is 9.47 Å². The fraction of sp³-hybridized carbons (Fsp3) is 0.294. The summed E-state index contributed by atoms with van der Waals surface area (Å²) in [6.45, 7) is 0.776. The van der Waals surface area contributed by atoms with Crippen LogP contribution in [0, 0.1) is 0 Å². The predicted molar refractivity (Wildman–Crippen MR) is 84.9 cm³/mol. The van der Waals surface area contributed by atoms with E-state index in [1.54, 1.807) is 0 Å². The fourth-order valence-electron chi connectivity index (χ4n) is 2.22. The summed E-state index contributed by atoms with van der Waals surface area (Å²) in [4.78, 5) is 0. The molecule has 0 amide bonds. The summed E-state index contributed by atoms with van der Waals surface area (Å²) < 4.78 is 18.2. The van der Waals surface area contributed by atoms with Crippen LogP contribution >= 0.6 is 15.9 Å². The van der Waals surface area contributed by atoms with Gasteiger partial charge in [-0.25, -0.2) is 0 Å². The molecule has 1 unspecified atom stereocenters. The molecule has 0 aromatic heterocycles. The molecule has 3 nitrogen and oxygen atoms in total. The minimum absolute atomic E-state index is 0.141. The molecule has 2 aromatic carbocycles. The van der Waals surface area contributed by atoms with Crippen molar-refractivity contribution in [1.82, 2.24) is 0 Å². The van der Waals surface area contributed by atoms with Crippen LogP contribution in [0.25, 0.3) is 0 Å². The van der Waals surface area contributed by atoms with Crippen molar-refractivity contribution >= 4 is 15.9 Å². The smallest absolute Gasteiger partial charge is 0.199 e. The minimum atomic E-state index is -0.141. The van der Waals surface area contributed by atoms with Crippen LogP contribution in [-0.2, 0) is 4.74 Å². The average Bonchev–Trinajstić information content (AvgIpc) is 2.51. The SMILES string of the molecule is Brc1ccccc1Oc1cccc(OC2CCCCO2)c1. The number of ether oxygens (including phenoxy) is 3. The standard InChI is InChI=1S/C17H17BrO3/c18-15-8-1-2-9-16(15)20-13-6-5-7-14(12-13)21-17-10-3-4-11-19-17/h1-2,5-9,12,17H,3-4,10-11H2. The van der Waals surface area contributed by atoms with Crippen LogP contribution in [0.5, 0.6) is 17.2 Å². The lowest BCUT2D eigenvalue weighted by Crippen LogP contribution is -2.24. The van der Waals surface area contributed by atoms with Crippen LogP contribution in [0.1, 0.15) is 19.3 Å². The van der Waals surface area contributed by atoms with E-state index < -0.39 is 0 Å². The average molecular weight is 349 g/mol. The highest BCUT2D eigenvalue weighted by atomic mass is 79.9. The topological polar surface area (TPSA) is 27.7 Å². The monoisotopic (exact) mass is 348 g/mol. The molecule has 0 N–H and O–H groups in total. The second-order valence-electron chi connectivity index (χ2n) is 4.92. The summed E-state index contributed by atoms with van der Waals surface area (Å²) in [7, 11) is 0. The Kier molecular flexibility index (Phi) is 4.78. The predicted octanol–water partition coefficient (Wildman–Crippen LogP) is 5.15. The first kappa shape index (κ1) is 14.4. The van der Waals surface area contributed by atoms with Gasteiger partial charge in [0, 0.05) is 12.5 Å². The molecule has 0 saturated carbocycles. The third-order valence-electron chi connectivity index (χ3n) is 3.28. The van der Waals surface area contributed by atoms with Crippen molar-refractivity contribution in [1.29, 1.82) is 0 Å². The summed E-state index contributed by atoms with van der Waals surface area (Å²) in [6.07, 6.45) is 3.07. The summed E-state index contributed by atoms with van der Waals surface area (Å²) in [5, 5.41) is 0. The highest BCUT2D eigenvalue weighted by Gasteiger charge is 2.15. The van der Waals surface area contributed by atoms with E-state index in [-0.39, 0.29) is 6.29 Å². The van der Waals surface area contributed by atoms with Crippen molar-refractivity contribution in [2.24, 2.45) is 0 Å². The Hall–Kier alpha value is -1.52. The second kappa shape index (κ2) is 6.96. The Morgan fingerprint density at radius 1 is 1.00 bits per heavy atom. The third-order valence-corrected chi connectivity index (χ3v) is 3.93. The molecule has 21 heavy (non-hydrogen) atoms. The Bertz CT molecular complexity index is 594. The van der Waals surface area contributed by atoms with Gasteiger partial charge in [0.15, 0.2) is 6.29 Å². The summed E-state index contributed by atoms with van der Waals surface area (Å²) in [6, 6.07) is 15.4. The van der Waals surface area contributed by atoms with Gasteiger partial charge in [0.25, 0.3) is 0 Å². The van der Waals surface area contributed by atoms with E-state index in [9.17, 15) is 0 Å². The van der Waals surface area contributed by atoms with Gasteiger partial charge in [-0.2, -0.15) is 0 Å². The first-order chi connectivity index (χ1) is 10.3. The Morgan fingerprint density at radius 2 is 1.86 bits per heavy atom. The number of hydrogen-bond acceptors (Lipinski definition) is 3. The quantitative estimate of drug-likeness (QED) is 0.764. The molecule has 1 saturated heterocycles. The van der Waals surface area contributed by atoms with Gasteiger partial charge in [-0.05, 0) is 53.0 Å². The molecule has 110 valence electrons. The number of benzene rings is 2. The van der Waals surface area contributed by atoms with Crippen LogP contribution in [-0.4, -0.2) is 12.9 Å². The van der Waals surface area contributed by atoms with Gasteiger partial charge in [0.05, 0.1) is 11.1 Å². The van der Waals surface area contributed by atoms with Crippen molar-refractivity contribution in [3.63, 3.8) is 0 Å². The Balaban J connectivity index is 1.69. The molecular weight excluding hydrogens is 332 g/mol. The summed E-state index contributed by atoms with van der Waals surface area (Å²) >= 11 is 3.48. The maximum atomic E-state index is 5.87. The van der Waals surface area contributed by atoms with E-state index in [4.69, 9.17) is 14.2 Å². The molecule has 3 rings (SSSR count). The zero-order valence-electron chi connectivity index (χ0n) is 11.6. The lowest BCUT2D eigenvalue weighted by molar-refractivity contribution is -0.105. The van der Waals surface area contributed by atoms with Crippen molar-refractivity contribution in [2.75, 3.05) is 6.61 Å². The molecule has 1 fully saturated rings. The van der Waals surface area contributed by atoms with Crippen LogP contribution in [0.15, 0.2) is 53.0 Å². The van der Waals surface area contributed by atoms with Crippen LogP contribution in [0.4, 0.5) is 0 Å². The minimum Gasteiger partial charge on any atom is -0.465 e. The molecule has 1 heterocycles. The largest absolute Gasteiger partial charge is 0.465 e. The van der Waals surface area contributed by atoms with E-state index in [1.165, 1.54) is 0 Å². The normalized spacial score (nSPS) is 18.2. The van der Waals surface area contributed by atoms with Gasteiger partial charge in [-0.3, -0.25) is 0 Å². The first-order valence-electron chi connectivity index (χ1n) is 7.12. The van der Waals surface area contributed by atoms with E-state index in [0.717, 1.165) is 47.6 Å². The second-order valence-corrected chi connectivity index (χ2v) is 5.78. The molecule has 2 aromatic rings. The Labute approximate surface area is 133 Å². The number of halogens is 1. The maximum absolute atomic E-state index is 5.87. The van der Waals surface area contributed by atoms with Gasteiger partial charge >= 0.3 is 0 Å². The molecule has 1 aliphatic rings. The van der Waals surface area contributed by atoms with Crippen LogP contribution in [0.2, 0.25) is 0 Å². The van der Waals surface area contributed by atoms with E-state index >= 15 is 0 Å². The van der Waals surface area contributed by atoms with E-state index in [0.29, 0.717) is 0 Å². The fourth-order valence-corrected chi connectivity index (χ4v) is 2.59. The lowest BCUT2D eigenvalue weighted by Gasteiger charge is -2.23. The highest BCUT2D eigenvalue weighted by Crippen LogP contribution is 2.31. The molecule has 4 heteroatoms. The number of rotatable bonds is 4. The van der Waals surface area contributed by atoms with Gasteiger partial charge in [0.2, 0.25) is 0 Å². The summed E-state index contributed by atoms with van der Waals surface area (Å²) in [5.41, 5.74) is 0. The highest BCUT2D eigenvalue weighted by molar-refractivity contribution is 9.10. The molecular formula is C17H17BrO3. The van der Waals surface area contributed by atoms with Gasteiger partial charge in [-0.15, -0.1) is 0 Å². The molecule has 0 aliphatic carbocycles. The summed E-state index contributed by atoms with van der Waals surface area (Å²) in [5.74, 6) is 2.30. The van der Waals surface area contributed by atoms with Crippen molar-refractivity contribution < 1.29 is 14.2 Å². The first-order valence-corrected chi connectivity index (χ1v) is 7.91. The van der Waals surface area contributed by atoms with Crippen molar-refractivity contribution in [3.05, 3.63) is 53.0 Å². The molecule has 1 atom stereocenters. The third kappa shape index (κ3) is 3.99.